The molecule has 3 aliphatic heterocycles. The Bertz CT molecular complexity index is 708. The van der Waals surface area contributed by atoms with Crippen molar-refractivity contribution in [2.45, 2.75) is 18.3 Å². The lowest BCUT2D eigenvalue weighted by Crippen LogP contribution is -2.46. The molecule has 6 nitrogen and oxygen atoms in total. The lowest BCUT2D eigenvalue weighted by molar-refractivity contribution is -0.197. The number of fused-ring (bicyclic) bond motifs is 3. The Morgan fingerprint density at radius 1 is 1.17 bits per heavy atom. The Kier molecular flexibility index (Phi) is 3.41. The van der Waals surface area contributed by atoms with Gasteiger partial charge in [-0.25, -0.2) is 4.90 Å². The number of carbonyl (C=O) groups is 2. The van der Waals surface area contributed by atoms with E-state index < -0.39 is 41.6 Å². The van der Waals surface area contributed by atoms with Gasteiger partial charge in [0.05, 0.1) is 36.4 Å². The number of imide groups is 1. The number of morpholine rings is 1. The highest BCUT2D eigenvalue weighted by molar-refractivity contribution is 6.23. The van der Waals surface area contributed by atoms with E-state index in [9.17, 15) is 22.8 Å². The highest BCUT2D eigenvalue weighted by atomic mass is 19.4. The third kappa shape index (κ3) is 2.23. The largest absolute Gasteiger partial charge is 0.416 e. The number of ether oxygens (including phenoxy) is 1. The van der Waals surface area contributed by atoms with E-state index >= 15 is 0 Å². The highest BCUT2D eigenvalue weighted by Gasteiger charge is 2.60. The number of anilines is 1. The van der Waals surface area contributed by atoms with Crippen molar-refractivity contribution in [3.63, 3.8) is 0 Å². The number of nitrogens with zero attached hydrogens (tertiary/aromatic N) is 2. The van der Waals surface area contributed by atoms with Crippen molar-refractivity contribution in [1.82, 2.24) is 5.06 Å². The van der Waals surface area contributed by atoms with Crippen molar-refractivity contribution in [2.75, 3.05) is 24.7 Å². The topological polar surface area (TPSA) is 59.1 Å². The van der Waals surface area contributed by atoms with Crippen molar-refractivity contribution in [3.8, 4) is 0 Å². The molecule has 1 aromatic rings. The Morgan fingerprint density at radius 2 is 1.96 bits per heavy atom. The van der Waals surface area contributed by atoms with Crippen LogP contribution in [0.5, 0.6) is 0 Å². The number of hydrogen-bond donors (Lipinski definition) is 0. The van der Waals surface area contributed by atoms with E-state index in [1.54, 1.807) is 5.06 Å². The first kappa shape index (κ1) is 15.6. The molecule has 0 saturated carbocycles. The van der Waals surface area contributed by atoms with Crippen LogP contribution < -0.4 is 4.90 Å². The number of rotatable bonds is 1. The molecule has 3 fully saturated rings. The number of amides is 2. The molecule has 3 heterocycles. The lowest BCUT2D eigenvalue weighted by Gasteiger charge is -2.30. The van der Waals surface area contributed by atoms with Crippen LogP contribution in [0.3, 0.4) is 0 Å². The van der Waals surface area contributed by atoms with Gasteiger partial charge in [-0.2, -0.15) is 18.2 Å². The summed E-state index contributed by atoms with van der Waals surface area (Å²) in [4.78, 5) is 31.5. The maximum absolute atomic E-state index is 12.9. The molecule has 3 atom stereocenters. The molecule has 0 bridgehead atoms. The number of carbonyl (C=O) groups excluding carboxylic acids is 2. The van der Waals surface area contributed by atoms with E-state index in [-0.39, 0.29) is 12.3 Å². The molecule has 2 amide bonds. The molecule has 0 aromatic heterocycles. The van der Waals surface area contributed by atoms with Crippen molar-refractivity contribution < 1.29 is 32.3 Å². The van der Waals surface area contributed by atoms with Crippen molar-refractivity contribution >= 4 is 17.5 Å². The average Bonchev–Trinajstić information content (AvgIpc) is 3.03. The molecule has 0 N–H and O–H groups in total. The molecule has 3 saturated heterocycles. The average molecular weight is 342 g/mol. The third-order valence-electron chi connectivity index (χ3n) is 4.51. The van der Waals surface area contributed by atoms with Gasteiger partial charge in [0.1, 0.15) is 0 Å². The van der Waals surface area contributed by atoms with Crippen LogP contribution in [0.2, 0.25) is 0 Å². The van der Waals surface area contributed by atoms with Crippen LogP contribution in [0.4, 0.5) is 18.9 Å². The van der Waals surface area contributed by atoms with Crippen LogP contribution >= 0.6 is 0 Å². The molecule has 0 aliphatic carbocycles. The molecule has 3 aliphatic rings. The number of halogens is 3. The first-order valence-corrected chi connectivity index (χ1v) is 7.44. The summed E-state index contributed by atoms with van der Waals surface area (Å²) in [6, 6.07) is 3.77. The van der Waals surface area contributed by atoms with Crippen LogP contribution in [0.15, 0.2) is 24.3 Å². The van der Waals surface area contributed by atoms with Gasteiger partial charge in [0.25, 0.3) is 5.91 Å². The number of hydroxylamine groups is 2. The fourth-order valence-electron chi connectivity index (χ4n) is 3.39. The van der Waals surface area contributed by atoms with Gasteiger partial charge in [-0.1, -0.05) is 6.07 Å². The number of benzene rings is 1. The Labute approximate surface area is 134 Å². The van der Waals surface area contributed by atoms with Gasteiger partial charge in [-0.05, 0) is 18.2 Å². The van der Waals surface area contributed by atoms with Crippen molar-refractivity contribution in [3.05, 3.63) is 29.8 Å². The first-order valence-electron chi connectivity index (χ1n) is 7.44. The number of alkyl halides is 3. The molecule has 4 rings (SSSR count). The highest BCUT2D eigenvalue weighted by Crippen LogP contribution is 2.40. The van der Waals surface area contributed by atoms with Crippen LogP contribution in [-0.4, -0.2) is 48.8 Å². The van der Waals surface area contributed by atoms with Gasteiger partial charge in [-0.15, -0.1) is 0 Å². The molecule has 9 heteroatoms. The van der Waals surface area contributed by atoms with E-state index in [0.717, 1.165) is 17.0 Å². The van der Waals surface area contributed by atoms with Crippen LogP contribution in [0.25, 0.3) is 0 Å². The Balaban J connectivity index is 1.67. The second kappa shape index (κ2) is 5.27. The standard InChI is InChI=1S/C15H13F3N2O4/c16-15(17,18)8-2-1-3-9(6-8)20-13(21)11-10-7-23-5-4-19(10)24-12(11)14(20)22/h1-3,6,10-12H,4-5,7H2/t10-,11+,12+/m0/s1. The van der Waals surface area contributed by atoms with Crippen molar-refractivity contribution in [1.29, 1.82) is 0 Å². The van der Waals surface area contributed by atoms with E-state index in [1.807, 2.05) is 0 Å². The van der Waals surface area contributed by atoms with Crippen molar-refractivity contribution in [2.24, 2.45) is 5.92 Å². The van der Waals surface area contributed by atoms with Gasteiger partial charge in [0.2, 0.25) is 5.91 Å². The summed E-state index contributed by atoms with van der Waals surface area (Å²) < 4.78 is 43.9. The predicted molar refractivity (Wildman–Crippen MR) is 73.6 cm³/mol. The molecule has 1 aromatic carbocycles. The van der Waals surface area contributed by atoms with Gasteiger partial charge >= 0.3 is 6.18 Å². The molecule has 0 unspecified atom stereocenters. The molecule has 24 heavy (non-hydrogen) atoms. The summed E-state index contributed by atoms with van der Waals surface area (Å²) in [5, 5.41) is 1.57. The van der Waals surface area contributed by atoms with E-state index in [1.165, 1.54) is 12.1 Å². The molecule has 0 spiro atoms. The first-order chi connectivity index (χ1) is 11.4. The summed E-state index contributed by atoms with van der Waals surface area (Å²) in [6.45, 7) is 1.13. The van der Waals surface area contributed by atoms with E-state index in [0.29, 0.717) is 13.2 Å². The summed E-state index contributed by atoms with van der Waals surface area (Å²) in [5.74, 6) is -1.95. The van der Waals surface area contributed by atoms with Crippen LogP contribution in [-0.2, 0) is 25.3 Å². The second-order valence-electron chi connectivity index (χ2n) is 5.89. The van der Waals surface area contributed by atoms with Gasteiger partial charge in [-0.3, -0.25) is 14.4 Å². The third-order valence-corrected chi connectivity index (χ3v) is 4.51. The quantitative estimate of drug-likeness (QED) is 0.718. The minimum absolute atomic E-state index is 0.0962. The SMILES string of the molecule is O=C1[C@H]2[C@@H](ON3CCOC[C@@H]23)C(=O)N1c1cccc(C(F)(F)F)c1. The maximum Gasteiger partial charge on any atom is 0.416 e. The lowest BCUT2D eigenvalue weighted by atomic mass is 9.97. The summed E-state index contributed by atoms with van der Waals surface area (Å²) in [6.07, 6.45) is -5.55. The number of hydrogen-bond acceptors (Lipinski definition) is 5. The predicted octanol–water partition coefficient (Wildman–Crippen LogP) is 1.21. The Hall–Kier alpha value is -1.97. The zero-order valence-electron chi connectivity index (χ0n) is 12.3. The minimum atomic E-state index is -4.55. The minimum Gasteiger partial charge on any atom is -0.378 e. The van der Waals surface area contributed by atoms with E-state index in [4.69, 9.17) is 9.57 Å². The summed E-state index contributed by atoms with van der Waals surface area (Å²) >= 11 is 0. The monoisotopic (exact) mass is 342 g/mol. The van der Waals surface area contributed by atoms with Gasteiger partial charge < -0.3 is 4.74 Å². The van der Waals surface area contributed by atoms with Gasteiger partial charge in [0.15, 0.2) is 6.10 Å². The van der Waals surface area contributed by atoms with Crippen LogP contribution in [0.1, 0.15) is 5.56 Å². The molecule has 0 radical (unpaired) electrons. The van der Waals surface area contributed by atoms with E-state index in [2.05, 4.69) is 0 Å². The zero-order chi connectivity index (χ0) is 17.1. The fraction of sp³-hybridized carbons (Fsp3) is 0.467. The summed E-state index contributed by atoms with van der Waals surface area (Å²) in [7, 11) is 0. The second-order valence-corrected chi connectivity index (χ2v) is 5.89. The molecular formula is C15H13F3N2O4. The molecule has 128 valence electrons. The van der Waals surface area contributed by atoms with Crippen LogP contribution in [0, 0.1) is 5.92 Å². The van der Waals surface area contributed by atoms with Gasteiger partial charge in [0, 0.05) is 6.54 Å². The molecular weight excluding hydrogens is 329 g/mol. The fourth-order valence-corrected chi connectivity index (χ4v) is 3.39. The smallest absolute Gasteiger partial charge is 0.378 e. The summed E-state index contributed by atoms with van der Waals surface area (Å²) in [5.41, 5.74) is -1.01. The maximum atomic E-state index is 12.9. The Morgan fingerprint density at radius 3 is 2.71 bits per heavy atom. The zero-order valence-corrected chi connectivity index (χ0v) is 12.3. The normalized spacial score (nSPS) is 30.6.